The second-order valence-electron chi connectivity index (χ2n) is 7.98. The van der Waals surface area contributed by atoms with Crippen LogP contribution in [0.5, 0.6) is 5.75 Å². The van der Waals surface area contributed by atoms with E-state index in [1.54, 1.807) is 6.20 Å². The van der Waals surface area contributed by atoms with E-state index in [1.165, 1.54) is 30.6 Å². The van der Waals surface area contributed by atoms with Crippen molar-refractivity contribution in [2.45, 2.75) is 50.1 Å². The Kier molecular flexibility index (Phi) is 7.76. The van der Waals surface area contributed by atoms with Crippen molar-refractivity contribution in [1.29, 1.82) is 0 Å². The van der Waals surface area contributed by atoms with Crippen LogP contribution in [0.2, 0.25) is 0 Å². The fourth-order valence-electron chi connectivity index (χ4n) is 4.01. The number of benzene rings is 1. The molecule has 0 radical (unpaired) electrons. The molecule has 1 saturated carbocycles. The molecule has 1 amide bonds. The lowest BCUT2D eigenvalue weighted by molar-refractivity contribution is -0.274. The first kappa shape index (κ1) is 24.8. The summed E-state index contributed by atoms with van der Waals surface area (Å²) in [6.07, 6.45) is -0.514. The Balaban J connectivity index is 1.32. The van der Waals surface area contributed by atoms with E-state index >= 15 is 0 Å². The number of carbonyl (C=O) groups is 1. The minimum absolute atomic E-state index is 0.203. The molecule has 4 rings (SSSR count). The van der Waals surface area contributed by atoms with Crippen LogP contribution in [-0.4, -0.2) is 45.8 Å². The summed E-state index contributed by atoms with van der Waals surface area (Å²) in [7, 11) is 1.28. The molecule has 13 heteroatoms. The van der Waals surface area contributed by atoms with Gasteiger partial charge in [-0.05, 0) is 55.5 Å². The van der Waals surface area contributed by atoms with Crippen LogP contribution in [0.3, 0.4) is 0 Å². The van der Waals surface area contributed by atoms with Crippen LogP contribution in [0.4, 0.5) is 23.4 Å². The van der Waals surface area contributed by atoms with Gasteiger partial charge < -0.3 is 14.8 Å². The molecule has 1 aliphatic rings. The van der Waals surface area contributed by atoms with E-state index in [0.29, 0.717) is 11.0 Å². The average molecular weight is 509 g/mol. The number of ether oxygens (including phenoxy) is 2. The number of carbonyl (C=O) groups excluding carboxylic acids is 1. The summed E-state index contributed by atoms with van der Waals surface area (Å²) < 4.78 is 46.7. The minimum Gasteiger partial charge on any atom is -0.406 e. The summed E-state index contributed by atoms with van der Waals surface area (Å²) >= 11 is 1.17. The number of anilines is 2. The van der Waals surface area contributed by atoms with Gasteiger partial charge in [0.05, 0.1) is 5.69 Å². The summed E-state index contributed by atoms with van der Waals surface area (Å²) in [6, 6.07) is 9.19. The SMILES string of the molecule is CO[C@H](C(=O)Nc1nnc(NC2CCC(c3cccnn3)CC2)s1)c1cccc(OC(F)(F)F)c1. The number of aromatic nitrogens is 4. The second-order valence-corrected chi connectivity index (χ2v) is 8.96. The molecule has 2 N–H and O–H groups in total. The lowest BCUT2D eigenvalue weighted by Crippen LogP contribution is -2.25. The van der Waals surface area contributed by atoms with E-state index in [2.05, 4.69) is 35.8 Å². The van der Waals surface area contributed by atoms with E-state index in [4.69, 9.17) is 4.74 Å². The van der Waals surface area contributed by atoms with Gasteiger partial charge in [0.15, 0.2) is 6.10 Å². The summed E-state index contributed by atoms with van der Waals surface area (Å²) in [5.74, 6) is -0.651. The number of halogens is 3. The molecule has 1 atom stereocenters. The molecule has 35 heavy (non-hydrogen) atoms. The lowest BCUT2D eigenvalue weighted by atomic mass is 9.84. The summed E-state index contributed by atoms with van der Waals surface area (Å²) in [5, 5.41) is 23.0. The number of hydrogen-bond donors (Lipinski definition) is 2. The summed E-state index contributed by atoms with van der Waals surface area (Å²) in [5.41, 5.74) is 1.21. The van der Waals surface area contributed by atoms with Gasteiger partial charge in [0.2, 0.25) is 10.3 Å². The van der Waals surface area contributed by atoms with Crippen molar-refractivity contribution in [3.05, 3.63) is 53.9 Å². The predicted molar refractivity (Wildman–Crippen MR) is 122 cm³/mol. The maximum absolute atomic E-state index is 12.7. The number of alkyl halides is 3. The average Bonchev–Trinajstić information content (AvgIpc) is 3.26. The van der Waals surface area contributed by atoms with Gasteiger partial charge in [-0.3, -0.25) is 10.1 Å². The normalized spacial score (nSPS) is 19.1. The standard InChI is InChI=1S/C22H23F3N6O3S/c1-33-18(14-4-2-5-16(12-14)34-22(23,24)25)19(32)28-21-31-30-20(35-21)27-15-9-7-13(8-10-15)17-6-3-11-26-29-17/h2-6,11-13,15,18H,7-10H2,1H3,(H,27,30)(H,28,31,32)/t13?,15?,18-/m0/s1. The molecular formula is C22H23F3N6O3S. The number of rotatable bonds is 8. The van der Waals surface area contributed by atoms with Crippen molar-refractivity contribution in [2.75, 3.05) is 17.7 Å². The quantitative estimate of drug-likeness (QED) is 0.451. The summed E-state index contributed by atoms with van der Waals surface area (Å²) in [6.45, 7) is 0. The molecule has 9 nitrogen and oxygen atoms in total. The molecule has 1 aromatic carbocycles. The maximum atomic E-state index is 12.7. The molecule has 1 fully saturated rings. The number of nitrogens with zero attached hydrogens (tertiary/aromatic N) is 4. The molecule has 0 bridgehead atoms. The molecule has 0 saturated heterocycles. The van der Waals surface area contributed by atoms with Gasteiger partial charge in [0.25, 0.3) is 5.91 Å². The Morgan fingerprint density at radius 1 is 1.09 bits per heavy atom. The fraction of sp³-hybridized carbons (Fsp3) is 0.409. The molecule has 1 aliphatic carbocycles. The second kappa shape index (κ2) is 11.0. The van der Waals surface area contributed by atoms with Crippen molar-refractivity contribution >= 4 is 27.5 Å². The molecule has 0 spiro atoms. The van der Waals surface area contributed by atoms with Crippen molar-refractivity contribution in [2.24, 2.45) is 0 Å². The first-order valence-corrected chi connectivity index (χ1v) is 11.7. The van der Waals surface area contributed by atoms with Gasteiger partial charge in [0, 0.05) is 25.3 Å². The monoisotopic (exact) mass is 508 g/mol. The Morgan fingerprint density at radius 3 is 2.54 bits per heavy atom. The van der Waals surface area contributed by atoms with Crippen molar-refractivity contribution < 1.29 is 27.4 Å². The minimum atomic E-state index is -4.84. The van der Waals surface area contributed by atoms with E-state index in [9.17, 15) is 18.0 Å². The van der Waals surface area contributed by atoms with Gasteiger partial charge in [-0.1, -0.05) is 23.5 Å². The van der Waals surface area contributed by atoms with E-state index in [1.807, 2.05) is 12.1 Å². The van der Waals surface area contributed by atoms with Gasteiger partial charge in [-0.2, -0.15) is 10.2 Å². The fourth-order valence-corrected chi connectivity index (χ4v) is 4.74. The topological polar surface area (TPSA) is 111 Å². The molecule has 0 unspecified atom stereocenters. The molecular weight excluding hydrogens is 485 g/mol. The third kappa shape index (κ3) is 6.85. The van der Waals surface area contributed by atoms with Crippen LogP contribution in [0.1, 0.15) is 49.0 Å². The molecule has 2 aromatic heterocycles. The number of hydrogen-bond acceptors (Lipinski definition) is 9. The van der Waals surface area contributed by atoms with Crippen LogP contribution in [-0.2, 0) is 9.53 Å². The van der Waals surface area contributed by atoms with Crippen LogP contribution >= 0.6 is 11.3 Å². The highest BCUT2D eigenvalue weighted by Crippen LogP contribution is 2.34. The third-order valence-electron chi connectivity index (χ3n) is 5.59. The molecule has 2 heterocycles. The highest BCUT2D eigenvalue weighted by Gasteiger charge is 2.32. The number of amides is 1. The van der Waals surface area contributed by atoms with Gasteiger partial charge in [0.1, 0.15) is 5.75 Å². The number of methoxy groups -OCH3 is 1. The Hall–Kier alpha value is -3.32. The highest BCUT2D eigenvalue weighted by molar-refractivity contribution is 7.19. The van der Waals surface area contributed by atoms with Crippen molar-refractivity contribution in [3.63, 3.8) is 0 Å². The van der Waals surface area contributed by atoms with Crippen molar-refractivity contribution in [3.8, 4) is 5.75 Å². The van der Waals surface area contributed by atoms with Crippen LogP contribution in [0.25, 0.3) is 0 Å². The van der Waals surface area contributed by atoms with Gasteiger partial charge in [-0.15, -0.1) is 23.4 Å². The lowest BCUT2D eigenvalue weighted by Gasteiger charge is -2.28. The zero-order valence-corrected chi connectivity index (χ0v) is 19.5. The van der Waals surface area contributed by atoms with E-state index < -0.39 is 24.1 Å². The van der Waals surface area contributed by atoms with Crippen molar-refractivity contribution in [1.82, 2.24) is 20.4 Å². The Morgan fingerprint density at radius 2 is 1.86 bits per heavy atom. The highest BCUT2D eigenvalue weighted by atomic mass is 32.1. The van der Waals surface area contributed by atoms with Gasteiger partial charge in [-0.25, -0.2) is 0 Å². The van der Waals surface area contributed by atoms with E-state index in [-0.39, 0.29) is 16.7 Å². The molecule has 186 valence electrons. The molecule has 0 aliphatic heterocycles. The smallest absolute Gasteiger partial charge is 0.406 e. The Labute approximate surface area is 203 Å². The predicted octanol–water partition coefficient (Wildman–Crippen LogP) is 4.69. The zero-order chi connectivity index (χ0) is 24.8. The third-order valence-corrected chi connectivity index (χ3v) is 6.36. The molecule has 3 aromatic rings. The van der Waals surface area contributed by atoms with Crippen LogP contribution in [0.15, 0.2) is 42.6 Å². The number of nitrogens with one attached hydrogen (secondary N) is 2. The largest absolute Gasteiger partial charge is 0.573 e. The Bertz CT molecular complexity index is 1120. The van der Waals surface area contributed by atoms with E-state index in [0.717, 1.165) is 43.5 Å². The zero-order valence-electron chi connectivity index (χ0n) is 18.7. The van der Waals surface area contributed by atoms with Gasteiger partial charge >= 0.3 is 6.36 Å². The summed E-state index contributed by atoms with van der Waals surface area (Å²) in [4.78, 5) is 12.7. The first-order chi connectivity index (χ1) is 16.8. The maximum Gasteiger partial charge on any atom is 0.573 e. The van der Waals surface area contributed by atoms with Crippen LogP contribution < -0.4 is 15.4 Å². The van der Waals surface area contributed by atoms with Crippen LogP contribution in [0, 0.1) is 0 Å². The first-order valence-electron chi connectivity index (χ1n) is 10.9.